The van der Waals surface area contributed by atoms with Gasteiger partial charge in [-0.25, -0.2) is 4.98 Å². The van der Waals surface area contributed by atoms with Gasteiger partial charge in [0.15, 0.2) is 11.6 Å². The van der Waals surface area contributed by atoms with Crippen LogP contribution in [0.25, 0.3) is 0 Å². The van der Waals surface area contributed by atoms with Crippen molar-refractivity contribution in [3.8, 4) is 0 Å². The summed E-state index contributed by atoms with van der Waals surface area (Å²) in [5.74, 6) is 2.10. The molecule has 3 rings (SSSR count). The van der Waals surface area contributed by atoms with Gasteiger partial charge in [-0.05, 0) is 13.3 Å². The first-order valence-corrected chi connectivity index (χ1v) is 7.91. The highest BCUT2D eigenvalue weighted by atomic mass is 32.1. The second-order valence-electron chi connectivity index (χ2n) is 5.61. The quantitative estimate of drug-likeness (QED) is 0.813. The highest BCUT2D eigenvalue weighted by molar-refractivity contribution is 7.09. The Morgan fingerprint density at radius 1 is 1.41 bits per heavy atom. The Hall–Kier alpha value is -1.58. The van der Waals surface area contributed by atoms with Gasteiger partial charge in [-0.3, -0.25) is 4.90 Å². The molecule has 2 aromatic rings. The van der Waals surface area contributed by atoms with E-state index in [-0.39, 0.29) is 12.1 Å². The summed E-state index contributed by atoms with van der Waals surface area (Å²) in [7, 11) is 5.66. The van der Waals surface area contributed by atoms with Crippen LogP contribution in [-0.2, 0) is 11.3 Å². The first-order chi connectivity index (χ1) is 10.6. The minimum absolute atomic E-state index is 0.0532. The number of ether oxygens (including phenoxy) is 1. The standard InChI is InChI=1S/C13H20N6O2S/c1-8-14-12(21-16-8)10-5-9(20-4)6-19(10)7-11-15-13(18(2)3)22-17-11/h9-10H,5-7H2,1-4H3/t9-,10+/m0/s1. The molecule has 8 nitrogen and oxygen atoms in total. The summed E-state index contributed by atoms with van der Waals surface area (Å²) in [6.07, 6.45) is 0.993. The molecule has 0 aliphatic carbocycles. The predicted octanol–water partition coefficient (Wildman–Crippen LogP) is 1.26. The van der Waals surface area contributed by atoms with Crippen LogP contribution in [-0.4, -0.2) is 58.3 Å². The second-order valence-corrected chi connectivity index (χ2v) is 6.34. The summed E-state index contributed by atoms with van der Waals surface area (Å²) < 4.78 is 15.3. The van der Waals surface area contributed by atoms with E-state index >= 15 is 0 Å². The lowest BCUT2D eigenvalue weighted by molar-refractivity contribution is 0.107. The molecule has 0 aromatic carbocycles. The maximum atomic E-state index is 5.50. The normalized spacial score (nSPS) is 22.4. The van der Waals surface area contributed by atoms with Crippen molar-refractivity contribution in [3.63, 3.8) is 0 Å². The number of hydrogen-bond donors (Lipinski definition) is 0. The van der Waals surface area contributed by atoms with Gasteiger partial charge in [-0.1, -0.05) is 5.16 Å². The largest absolute Gasteiger partial charge is 0.380 e. The van der Waals surface area contributed by atoms with Crippen LogP contribution in [0.1, 0.15) is 30.0 Å². The third-order valence-corrected chi connectivity index (χ3v) is 4.63. The van der Waals surface area contributed by atoms with Gasteiger partial charge in [-0.15, -0.1) is 0 Å². The summed E-state index contributed by atoms with van der Waals surface area (Å²) in [4.78, 5) is 13.1. The molecular formula is C13H20N6O2S. The van der Waals surface area contributed by atoms with E-state index in [2.05, 4.69) is 24.4 Å². The molecule has 1 aliphatic heterocycles. The maximum Gasteiger partial charge on any atom is 0.244 e. The molecule has 0 bridgehead atoms. The van der Waals surface area contributed by atoms with Crippen LogP contribution in [0.5, 0.6) is 0 Å². The Morgan fingerprint density at radius 2 is 2.23 bits per heavy atom. The van der Waals surface area contributed by atoms with Crippen molar-refractivity contribution in [3.05, 3.63) is 17.5 Å². The summed E-state index contributed by atoms with van der Waals surface area (Å²) in [5.41, 5.74) is 0. The summed E-state index contributed by atoms with van der Waals surface area (Å²) >= 11 is 1.40. The number of likely N-dealkylation sites (tertiary alicyclic amines) is 1. The zero-order valence-electron chi connectivity index (χ0n) is 13.2. The fourth-order valence-corrected chi connectivity index (χ4v) is 3.18. The molecule has 0 radical (unpaired) electrons. The third-order valence-electron chi connectivity index (χ3n) is 3.71. The van der Waals surface area contributed by atoms with Crippen molar-refractivity contribution in [1.29, 1.82) is 0 Å². The van der Waals surface area contributed by atoms with Crippen molar-refractivity contribution >= 4 is 16.7 Å². The molecule has 3 heterocycles. The average Bonchev–Trinajstić information content (AvgIpc) is 3.18. The Labute approximate surface area is 133 Å². The molecule has 0 N–H and O–H groups in total. The summed E-state index contributed by atoms with van der Waals surface area (Å²) in [6, 6.07) is 0.0532. The topological polar surface area (TPSA) is 80.4 Å². The molecule has 0 saturated carbocycles. The van der Waals surface area contributed by atoms with E-state index in [1.165, 1.54) is 11.5 Å². The fraction of sp³-hybridized carbons (Fsp3) is 0.692. The lowest BCUT2D eigenvalue weighted by Gasteiger charge is -2.19. The van der Waals surface area contributed by atoms with Crippen LogP contribution < -0.4 is 4.90 Å². The van der Waals surface area contributed by atoms with Crippen LogP contribution in [0.15, 0.2) is 4.52 Å². The molecule has 2 atom stereocenters. The zero-order valence-corrected chi connectivity index (χ0v) is 14.0. The minimum Gasteiger partial charge on any atom is -0.380 e. The Balaban J connectivity index is 1.76. The van der Waals surface area contributed by atoms with Gasteiger partial charge >= 0.3 is 0 Å². The van der Waals surface area contributed by atoms with Gasteiger partial charge in [0.25, 0.3) is 0 Å². The van der Waals surface area contributed by atoms with E-state index in [4.69, 9.17) is 9.26 Å². The van der Waals surface area contributed by atoms with Crippen molar-refractivity contribution in [2.75, 3.05) is 32.6 Å². The molecule has 1 aliphatic rings. The van der Waals surface area contributed by atoms with Crippen LogP contribution in [0.4, 0.5) is 5.13 Å². The van der Waals surface area contributed by atoms with Crippen LogP contribution >= 0.6 is 11.5 Å². The zero-order chi connectivity index (χ0) is 15.7. The molecule has 0 amide bonds. The minimum atomic E-state index is 0.0532. The number of hydrogen-bond acceptors (Lipinski definition) is 9. The van der Waals surface area contributed by atoms with Crippen molar-refractivity contribution in [2.24, 2.45) is 0 Å². The SMILES string of the molecule is CO[C@H]1C[C@H](c2nc(C)no2)N(Cc2nsc(N(C)C)n2)C1. The van der Waals surface area contributed by atoms with Crippen LogP contribution in [0.2, 0.25) is 0 Å². The molecule has 0 unspecified atom stereocenters. The number of aryl methyl sites for hydroxylation is 1. The van der Waals surface area contributed by atoms with Crippen molar-refractivity contribution < 1.29 is 9.26 Å². The van der Waals surface area contributed by atoms with Gasteiger partial charge in [0.05, 0.1) is 18.7 Å². The molecule has 0 spiro atoms. The van der Waals surface area contributed by atoms with Crippen molar-refractivity contribution in [2.45, 2.75) is 32.0 Å². The number of methoxy groups -OCH3 is 1. The monoisotopic (exact) mass is 324 g/mol. The number of anilines is 1. The molecule has 1 fully saturated rings. The molecular weight excluding hydrogens is 304 g/mol. The Kier molecular flexibility index (Phi) is 4.37. The maximum absolute atomic E-state index is 5.50. The molecule has 22 heavy (non-hydrogen) atoms. The third kappa shape index (κ3) is 3.11. The first-order valence-electron chi connectivity index (χ1n) is 7.13. The highest BCUT2D eigenvalue weighted by Crippen LogP contribution is 2.33. The molecule has 9 heteroatoms. The lowest BCUT2D eigenvalue weighted by atomic mass is 10.2. The average molecular weight is 324 g/mol. The van der Waals surface area contributed by atoms with E-state index in [1.54, 1.807) is 7.11 Å². The van der Waals surface area contributed by atoms with E-state index in [0.29, 0.717) is 18.3 Å². The van der Waals surface area contributed by atoms with Crippen LogP contribution in [0, 0.1) is 6.92 Å². The van der Waals surface area contributed by atoms with Crippen LogP contribution in [0.3, 0.4) is 0 Å². The number of nitrogens with zero attached hydrogens (tertiary/aromatic N) is 6. The van der Waals surface area contributed by atoms with E-state index < -0.39 is 0 Å². The Morgan fingerprint density at radius 3 is 2.82 bits per heavy atom. The van der Waals surface area contributed by atoms with E-state index in [0.717, 1.165) is 23.9 Å². The van der Waals surface area contributed by atoms with Gasteiger partial charge in [0, 0.05) is 39.3 Å². The second kappa shape index (κ2) is 6.27. The van der Waals surface area contributed by atoms with Gasteiger partial charge in [-0.2, -0.15) is 9.36 Å². The molecule has 120 valence electrons. The van der Waals surface area contributed by atoms with Gasteiger partial charge in [0.2, 0.25) is 11.0 Å². The van der Waals surface area contributed by atoms with E-state index in [9.17, 15) is 0 Å². The highest BCUT2D eigenvalue weighted by Gasteiger charge is 2.37. The first kappa shape index (κ1) is 15.3. The predicted molar refractivity (Wildman–Crippen MR) is 81.8 cm³/mol. The van der Waals surface area contributed by atoms with Gasteiger partial charge < -0.3 is 14.2 Å². The summed E-state index contributed by atoms with van der Waals surface area (Å²) in [5, 5.41) is 4.80. The lowest BCUT2D eigenvalue weighted by Crippen LogP contribution is -2.25. The van der Waals surface area contributed by atoms with E-state index in [1.807, 2.05) is 25.9 Å². The van der Waals surface area contributed by atoms with Crippen molar-refractivity contribution in [1.82, 2.24) is 24.4 Å². The summed E-state index contributed by atoms with van der Waals surface area (Å²) in [6.45, 7) is 3.28. The fourth-order valence-electron chi connectivity index (χ4n) is 2.58. The number of rotatable bonds is 5. The number of aromatic nitrogens is 4. The molecule has 2 aromatic heterocycles. The molecule has 1 saturated heterocycles. The van der Waals surface area contributed by atoms with Gasteiger partial charge in [0.1, 0.15) is 0 Å². The smallest absolute Gasteiger partial charge is 0.244 e. The Bertz CT molecular complexity index is 628.